The maximum Gasteiger partial charge on any atom is 0.147 e. The zero-order chi connectivity index (χ0) is 53.5. The lowest BCUT2D eigenvalue weighted by Gasteiger charge is -2.20. The topological polar surface area (TPSA) is 68.8 Å². The standard InChI is InChI=1S/C69H74N2O4/c1-42-34-54(64(72)60(36-42)70-56-28-24-44(66(3,4)5)38-50(56)51-39-45(67(6,7)8)25-29-57(51)70)48-20-15-17-22-62(48)74-32-19-33-75-63-23-18-16-21-49(63)55-35-43(2)37-61(65(55)73)71-58-30-26-46(68(9,10)11)40-52(58)53-41-47(69(12,13)14)27-31-59(53)71/h15-18,20-31,34-41,72-73H,19,32-33H2,1-14H3. The fourth-order valence-electron chi connectivity index (χ4n) is 10.8. The third-order valence-electron chi connectivity index (χ3n) is 15.1. The van der Waals surface area contributed by atoms with Crippen LogP contribution in [0.15, 0.2) is 146 Å². The monoisotopic (exact) mass is 995 g/mol. The molecule has 0 unspecified atom stereocenters. The van der Waals surface area contributed by atoms with E-state index in [1.165, 1.54) is 43.8 Å². The summed E-state index contributed by atoms with van der Waals surface area (Å²) in [5.74, 6) is 1.76. The predicted molar refractivity (Wildman–Crippen MR) is 316 cm³/mol. The summed E-state index contributed by atoms with van der Waals surface area (Å²) in [4.78, 5) is 0. The molecule has 10 aromatic rings. The summed E-state index contributed by atoms with van der Waals surface area (Å²) in [6.45, 7) is 32.0. The molecule has 0 radical (unpaired) electrons. The van der Waals surface area contributed by atoms with Crippen molar-refractivity contribution in [1.29, 1.82) is 0 Å². The lowest BCUT2D eigenvalue weighted by molar-refractivity contribution is 0.248. The molecule has 0 bridgehead atoms. The zero-order valence-electron chi connectivity index (χ0n) is 46.6. The van der Waals surface area contributed by atoms with Gasteiger partial charge in [-0.1, -0.05) is 144 Å². The molecular formula is C69H74N2O4. The molecule has 75 heavy (non-hydrogen) atoms. The molecule has 384 valence electrons. The molecule has 0 aliphatic carbocycles. The molecule has 0 spiro atoms. The highest BCUT2D eigenvalue weighted by atomic mass is 16.5. The minimum atomic E-state index is -0.0236. The SMILES string of the molecule is Cc1cc(-c2ccccc2OCCCOc2ccccc2-c2cc(C)cc(-n3c4ccc(C(C)(C)C)cc4c4cc(C(C)(C)C)ccc43)c2O)c(O)c(-n2c3ccc(C(C)(C)C)cc3c3cc(C(C)(C)C)ccc32)c1. The van der Waals surface area contributed by atoms with Gasteiger partial charge in [-0.25, -0.2) is 0 Å². The van der Waals surface area contributed by atoms with Crippen molar-refractivity contribution < 1.29 is 19.7 Å². The number of aromatic hydroxyl groups is 2. The Morgan fingerprint density at radius 1 is 0.360 bits per heavy atom. The van der Waals surface area contributed by atoms with E-state index < -0.39 is 0 Å². The van der Waals surface area contributed by atoms with Crippen molar-refractivity contribution >= 4 is 43.6 Å². The van der Waals surface area contributed by atoms with E-state index in [-0.39, 0.29) is 33.2 Å². The van der Waals surface area contributed by atoms with Crippen LogP contribution in [0.3, 0.4) is 0 Å². The molecule has 0 aliphatic rings. The second-order valence-electron chi connectivity index (χ2n) is 25.0. The zero-order valence-corrected chi connectivity index (χ0v) is 46.6. The second-order valence-corrected chi connectivity index (χ2v) is 25.0. The van der Waals surface area contributed by atoms with Crippen molar-refractivity contribution in [2.24, 2.45) is 0 Å². The quantitative estimate of drug-likeness (QED) is 0.134. The lowest BCUT2D eigenvalue weighted by Crippen LogP contribution is -2.10. The van der Waals surface area contributed by atoms with Crippen LogP contribution in [-0.2, 0) is 21.7 Å². The summed E-state index contributed by atoms with van der Waals surface area (Å²) in [5.41, 5.74) is 15.7. The number of para-hydroxylation sites is 2. The highest BCUT2D eigenvalue weighted by molar-refractivity contribution is 6.11. The van der Waals surface area contributed by atoms with Crippen LogP contribution in [0, 0.1) is 13.8 Å². The van der Waals surface area contributed by atoms with Crippen molar-refractivity contribution in [2.45, 2.75) is 125 Å². The molecule has 0 amide bonds. The second kappa shape index (κ2) is 18.7. The summed E-state index contributed by atoms with van der Waals surface area (Å²) in [6.07, 6.45) is 0.599. The number of hydrogen-bond donors (Lipinski definition) is 2. The van der Waals surface area contributed by atoms with Gasteiger partial charge in [0.05, 0.1) is 46.7 Å². The van der Waals surface area contributed by atoms with Crippen molar-refractivity contribution in [3.8, 4) is 56.6 Å². The Morgan fingerprint density at radius 3 is 0.947 bits per heavy atom. The summed E-state index contributed by atoms with van der Waals surface area (Å²) >= 11 is 0. The van der Waals surface area contributed by atoms with Crippen LogP contribution in [0.25, 0.3) is 77.2 Å². The van der Waals surface area contributed by atoms with Gasteiger partial charge < -0.3 is 28.8 Å². The predicted octanol–water partition coefficient (Wildman–Crippen LogP) is 18.3. The Kier molecular flexibility index (Phi) is 12.8. The van der Waals surface area contributed by atoms with Crippen molar-refractivity contribution in [3.05, 3.63) is 179 Å². The van der Waals surface area contributed by atoms with E-state index in [2.05, 4.69) is 191 Å². The van der Waals surface area contributed by atoms with Crippen LogP contribution < -0.4 is 9.47 Å². The van der Waals surface area contributed by atoms with Crippen LogP contribution in [0.1, 0.15) is 123 Å². The minimum absolute atomic E-state index is 0.0236. The number of nitrogens with zero attached hydrogens (tertiary/aromatic N) is 2. The van der Waals surface area contributed by atoms with Gasteiger partial charge in [0.15, 0.2) is 0 Å². The van der Waals surface area contributed by atoms with E-state index in [0.717, 1.165) is 55.7 Å². The number of aryl methyl sites for hydroxylation is 2. The highest BCUT2D eigenvalue weighted by Crippen LogP contribution is 2.47. The van der Waals surface area contributed by atoms with Gasteiger partial charge in [0, 0.05) is 50.2 Å². The molecule has 2 aromatic heterocycles. The Balaban J connectivity index is 0.930. The van der Waals surface area contributed by atoms with E-state index >= 15 is 0 Å². The normalized spacial score (nSPS) is 12.7. The van der Waals surface area contributed by atoms with Gasteiger partial charge in [-0.05, 0) is 154 Å². The molecule has 8 aromatic carbocycles. The van der Waals surface area contributed by atoms with Gasteiger partial charge in [-0.2, -0.15) is 0 Å². The number of ether oxygens (including phenoxy) is 2. The average molecular weight is 995 g/mol. The van der Waals surface area contributed by atoms with Crippen molar-refractivity contribution in [1.82, 2.24) is 9.13 Å². The third-order valence-corrected chi connectivity index (χ3v) is 15.1. The fourth-order valence-corrected chi connectivity index (χ4v) is 10.8. The van der Waals surface area contributed by atoms with Gasteiger partial charge in [-0.3, -0.25) is 0 Å². The molecular weight excluding hydrogens is 921 g/mol. The van der Waals surface area contributed by atoms with E-state index in [4.69, 9.17) is 9.47 Å². The van der Waals surface area contributed by atoms with Gasteiger partial charge in [0.1, 0.15) is 23.0 Å². The van der Waals surface area contributed by atoms with E-state index in [0.29, 0.717) is 42.3 Å². The first kappa shape index (κ1) is 51.1. The van der Waals surface area contributed by atoms with Gasteiger partial charge in [-0.15, -0.1) is 0 Å². The maximum atomic E-state index is 12.5. The Labute approximate surface area is 444 Å². The summed E-state index contributed by atoms with van der Waals surface area (Å²) in [7, 11) is 0. The molecule has 2 heterocycles. The van der Waals surface area contributed by atoms with Crippen molar-refractivity contribution in [3.63, 3.8) is 0 Å². The number of hydrogen-bond acceptors (Lipinski definition) is 4. The molecule has 0 atom stereocenters. The molecule has 6 heteroatoms. The van der Waals surface area contributed by atoms with Gasteiger partial charge in [0.2, 0.25) is 0 Å². The Morgan fingerprint density at radius 2 is 0.653 bits per heavy atom. The Hall–Kier alpha value is -7.44. The van der Waals surface area contributed by atoms with Crippen LogP contribution in [0.5, 0.6) is 23.0 Å². The third kappa shape index (κ3) is 9.54. The summed E-state index contributed by atoms with van der Waals surface area (Å²) < 4.78 is 17.6. The Bertz CT molecular complexity index is 3440. The number of phenols is 2. The van der Waals surface area contributed by atoms with E-state index in [9.17, 15) is 10.2 Å². The molecule has 6 nitrogen and oxygen atoms in total. The molecule has 10 rings (SSSR count). The lowest BCUT2D eigenvalue weighted by atomic mass is 9.85. The number of aromatic nitrogens is 2. The number of fused-ring (bicyclic) bond motifs is 6. The molecule has 0 saturated carbocycles. The van der Waals surface area contributed by atoms with E-state index in [1.807, 2.05) is 60.7 Å². The summed E-state index contributed by atoms with van der Waals surface area (Å²) in [6, 6.07) is 51.2. The first-order chi connectivity index (χ1) is 35.4. The highest BCUT2D eigenvalue weighted by Gasteiger charge is 2.26. The van der Waals surface area contributed by atoms with Crippen LogP contribution in [0.2, 0.25) is 0 Å². The van der Waals surface area contributed by atoms with Crippen molar-refractivity contribution in [2.75, 3.05) is 13.2 Å². The van der Waals surface area contributed by atoms with Gasteiger partial charge >= 0.3 is 0 Å². The average Bonchev–Trinajstić information content (AvgIpc) is 3.86. The smallest absolute Gasteiger partial charge is 0.147 e. The van der Waals surface area contributed by atoms with Crippen LogP contribution in [-0.4, -0.2) is 32.6 Å². The minimum Gasteiger partial charge on any atom is -0.505 e. The molecule has 0 fully saturated rings. The first-order valence-corrected chi connectivity index (χ1v) is 26.7. The first-order valence-electron chi connectivity index (χ1n) is 26.7. The largest absolute Gasteiger partial charge is 0.505 e. The van der Waals surface area contributed by atoms with Gasteiger partial charge in [0.25, 0.3) is 0 Å². The maximum absolute atomic E-state index is 12.5. The van der Waals surface area contributed by atoms with Crippen LogP contribution >= 0.6 is 0 Å². The summed E-state index contributed by atoms with van der Waals surface area (Å²) in [5, 5.41) is 29.6. The fraction of sp³-hybridized carbons (Fsp3) is 0.304. The van der Waals surface area contributed by atoms with E-state index in [1.54, 1.807) is 0 Å². The number of phenolic OH excluding ortho intramolecular Hbond substituents is 2. The van der Waals surface area contributed by atoms with Crippen LogP contribution in [0.4, 0.5) is 0 Å². The molecule has 0 saturated heterocycles. The molecule has 0 aliphatic heterocycles. The number of benzene rings is 8. The molecule has 2 N–H and O–H groups in total. The number of rotatable bonds is 10.